The summed E-state index contributed by atoms with van der Waals surface area (Å²) in [5.74, 6) is 0.669. The molecule has 2 aromatic rings. The Balaban J connectivity index is 2.53. The van der Waals surface area contributed by atoms with Gasteiger partial charge in [-0.15, -0.1) is 0 Å². The summed E-state index contributed by atoms with van der Waals surface area (Å²) >= 11 is 6.04. The zero-order valence-corrected chi connectivity index (χ0v) is 9.79. The molecule has 0 aliphatic heterocycles. The highest BCUT2D eigenvalue weighted by molar-refractivity contribution is 6.32. The summed E-state index contributed by atoms with van der Waals surface area (Å²) in [7, 11) is 1.60. The highest BCUT2D eigenvalue weighted by Crippen LogP contribution is 2.29. The quantitative estimate of drug-likeness (QED) is 0.890. The van der Waals surface area contributed by atoms with Gasteiger partial charge in [0.2, 0.25) is 0 Å². The number of methoxy groups -OCH3 is 1. The Bertz CT molecular complexity index is 514. The summed E-state index contributed by atoms with van der Waals surface area (Å²) in [6.45, 7) is 0.600. The van der Waals surface area contributed by atoms with Gasteiger partial charge in [0.25, 0.3) is 0 Å². The van der Waals surface area contributed by atoms with Gasteiger partial charge in [0.05, 0.1) is 17.6 Å². The number of aromatic nitrogens is 1. The molecule has 16 heavy (non-hydrogen) atoms. The SMILES string of the molecule is COc1cc2ccc(CCN)nc2cc1Cl. The minimum Gasteiger partial charge on any atom is -0.495 e. The van der Waals surface area contributed by atoms with Gasteiger partial charge >= 0.3 is 0 Å². The van der Waals surface area contributed by atoms with E-state index in [2.05, 4.69) is 4.98 Å². The molecular weight excluding hydrogens is 224 g/mol. The lowest BCUT2D eigenvalue weighted by Crippen LogP contribution is -2.04. The lowest BCUT2D eigenvalue weighted by atomic mass is 10.1. The Morgan fingerprint density at radius 1 is 1.38 bits per heavy atom. The molecule has 1 heterocycles. The zero-order valence-electron chi connectivity index (χ0n) is 9.03. The number of rotatable bonds is 3. The van der Waals surface area contributed by atoms with Gasteiger partial charge < -0.3 is 10.5 Å². The van der Waals surface area contributed by atoms with E-state index in [9.17, 15) is 0 Å². The number of benzene rings is 1. The fraction of sp³-hybridized carbons (Fsp3) is 0.250. The second kappa shape index (κ2) is 4.68. The smallest absolute Gasteiger partial charge is 0.138 e. The molecule has 0 saturated carbocycles. The maximum absolute atomic E-state index is 6.04. The number of halogens is 1. The average molecular weight is 237 g/mol. The van der Waals surface area contributed by atoms with Crippen molar-refractivity contribution in [1.29, 1.82) is 0 Å². The van der Waals surface area contributed by atoms with Crippen LogP contribution in [0.2, 0.25) is 5.02 Å². The number of fused-ring (bicyclic) bond motifs is 1. The number of nitrogens with zero attached hydrogens (tertiary/aromatic N) is 1. The van der Waals surface area contributed by atoms with Crippen molar-refractivity contribution in [1.82, 2.24) is 4.98 Å². The summed E-state index contributed by atoms with van der Waals surface area (Å²) < 4.78 is 5.15. The van der Waals surface area contributed by atoms with E-state index in [1.54, 1.807) is 7.11 Å². The van der Waals surface area contributed by atoms with Crippen molar-refractivity contribution in [2.75, 3.05) is 13.7 Å². The lowest BCUT2D eigenvalue weighted by Gasteiger charge is -2.06. The van der Waals surface area contributed by atoms with Crippen LogP contribution in [0.5, 0.6) is 5.75 Å². The normalized spacial score (nSPS) is 10.7. The molecule has 0 atom stereocenters. The van der Waals surface area contributed by atoms with Crippen molar-refractivity contribution in [3.05, 3.63) is 35.0 Å². The minimum atomic E-state index is 0.576. The predicted octanol–water partition coefficient (Wildman–Crippen LogP) is 2.40. The van der Waals surface area contributed by atoms with E-state index in [1.807, 2.05) is 24.3 Å². The van der Waals surface area contributed by atoms with Crippen LogP contribution in [0.4, 0.5) is 0 Å². The molecule has 0 spiro atoms. The van der Waals surface area contributed by atoms with Crippen LogP contribution in [0, 0.1) is 0 Å². The third kappa shape index (κ3) is 2.10. The maximum Gasteiger partial charge on any atom is 0.138 e. The minimum absolute atomic E-state index is 0.576. The van der Waals surface area contributed by atoms with Gasteiger partial charge in [-0.1, -0.05) is 17.7 Å². The molecule has 84 valence electrons. The van der Waals surface area contributed by atoms with Crippen LogP contribution in [0.3, 0.4) is 0 Å². The molecule has 0 radical (unpaired) electrons. The van der Waals surface area contributed by atoms with Crippen molar-refractivity contribution >= 4 is 22.5 Å². The number of ether oxygens (including phenoxy) is 1. The summed E-state index contributed by atoms with van der Waals surface area (Å²) in [6, 6.07) is 7.68. The number of nitrogens with two attached hydrogens (primary N) is 1. The zero-order chi connectivity index (χ0) is 11.5. The van der Waals surface area contributed by atoms with Crippen molar-refractivity contribution < 1.29 is 4.74 Å². The first-order valence-corrected chi connectivity index (χ1v) is 5.45. The highest BCUT2D eigenvalue weighted by Gasteiger charge is 2.04. The fourth-order valence-electron chi connectivity index (χ4n) is 1.61. The average Bonchev–Trinajstić information content (AvgIpc) is 2.28. The van der Waals surface area contributed by atoms with Crippen molar-refractivity contribution in [2.24, 2.45) is 5.73 Å². The summed E-state index contributed by atoms with van der Waals surface area (Å²) in [4.78, 5) is 4.48. The Labute approximate surface area is 99.2 Å². The second-order valence-corrected chi connectivity index (χ2v) is 3.93. The molecule has 0 saturated heterocycles. The molecule has 0 unspecified atom stereocenters. The Morgan fingerprint density at radius 3 is 2.88 bits per heavy atom. The molecule has 0 amide bonds. The van der Waals surface area contributed by atoms with E-state index in [1.165, 1.54) is 0 Å². The van der Waals surface area contributed by atoms with Gasteiger partial charge in [0.1, 0.15) is 5.75 Å². The van der Waals surface area contributed by atoms with Crippen LogP contribution in [-0.2, 0) is 6.42 Å². The van der Waals surface area contributed by atoms with Crippen molar-refractivity contribution in [3.63, 3.8) is 0 Å². The van der Waals surface area contributed by atoms with Gasteiger partial charge in [-0.2, -0.15) is 0 Å². The third-order valence-corrected chi connectivity index (χ3v) is 2.72. The number of pyridine rings is 1. The van der Waals surface area contributed by atoms with E-state index >= 15 is 0 Å². The molecule has 0 aliphatic rings. The van der Waals surface area contributed by atoms with Gasteiger partial charge in [-0.25, -0.2) is 0 Å². The van der Waals surface area contributed by atoms with Crippen LogP contribution in [0.25, 0.3) is 10.9 Å². The largest absolute Gasteiger partial charge is 0.495 e. The van der Waals surface area contributed by atoms with Gasteiger partial charge in [0, 0.05) is 17.5 Å². The van der Waals surface area contributed by atoms with E-state index in [0.717, 1.165) is 23.0 Å². The lowest BCUT2D eigenvalue weighted by molar-refractivity contribution is 0.415. The molecule has 3 nitrogen and oxygen atoms in total. The third-order valence-electron chi connectivity index (χ3n) is 2.42. The first-order chi connectivity index (χ1) is 7.74. The molecule has 0 fully saturated rings. The van der Waals surface area contributed by atoms with E-state index in [4.69, 9.17) is 22.1 Å². The van der Waals surface area contributed by atoms with Crippen LogP contribution in [0.1, 0.15) is 5.69 Å². The maximum atomic E-state index is 6.04. The summed E-state index contributed by atoms with van der Waals surface area (Å²) in [5, 5.41) is 1.59. The molecule has 0 bridgehead atoms. The van der Waals surface area contributed by atoms with Crippen LogP contribution in [-0.4, -0.2) is 18.6 Å². The Morgan fingerprint density at radius 2 is 2.19 bits per heavy atom. The second-order valence-electron chi connectivity index (χ2n) is 3.52. The Hall–Kier alpha value is -1.32. The first-order valence-electron chi connectivity index (χ1n) is 5.08. The highest BCUT2D eigenvalue weighted by atomic mass is 35.5. The van der Waals surface area contributed by atoms with Crippen LogP contribution in [0.15, 0.2) is 24.3 Å². The molecule has 1 aromatic carbocycles. The van der Waals surface area contributed by atoms with E-state index < -0.39 is 0 Å². The van der Waals surface area contributed by atoms with Gasteiger partial charge in [0.15, 0.2) is 0 Å². The van der Waals surface area contributed by atoms with E-state index in [0.29, 0.717) is 17.3 Å². The first kappa shape index (κ1) is 11.2. The molecule has 1 aromatic heterocycles. The summed E-state index contributed by atoms with van der Waals surface area (Å²) in [5.41, 5.74) is 7.35. The van der Waals surface area contributed by atoms with Gasteiger partial charge in [-0.05, 0) is 24.7 Å². The molecular formula is C12H13ClN2O. The van der Waals surface area contributed by atoms with E-state index in [-0.39, 0.29) is 0 Å². The van der Waals surface area contributed by atoms with Crippen LogP contribution < -0.4 is 10.5 Å². The van der Waals surface area contributed by atoms with Crippen LogP contribution >= 0.6 is 11.6 Å². The van der Waals surface area contributed by atoms with Crippen molar-refractivity contribution in [2.45, 2.75) is 6.42 Å². The van der Waals surface area contributed by atoms with Crippen molar-refractivity contribution in [3.8, 4) is 5.75 Å². The number of hydrogen-bond donors (Lipinski definition) is 1. The molecule has 2 rings (SSSR count). The summed E-state index contributed by atoms with van der Waals surface area (Å²) in [6.07, 6.45) is 0.777. The molecule has 4 heteroatoms. The predicted molar refractivity (Wildman–Crippen MR) is 66.1 cm³/mol. The molecule has 2 N–H and O–H groups in total. The monoisotopic (exact) mass is 236 g/mol. The fourth-order valence-corrected chi connectivity index (χ4v) is 1.85. The number of hydrogen-bond acceptors (Lipinski definition) is 3. The Kier molecular flexibility index (Phi) is 3.27. The molecule has 0 aliphatic carbocycles. The standard InChI is InChI=1S/C12H13ClN2O/c1-16-12-6-8-2-3-9(4-5-14)15-11(8)7-10(12)13/h2-3,6-7H,4-5,14H2,1H3. The van der Waals surface area contributed by atoms with Gasteiger partial charge in [-0.3, -0.25) is 4.98 Å². The topological polar surface area (TPSA) is 48.1 Å².